The number of nitrogens with zero attached hydrogens (tertiary/aromatic N) is 2. The zero-order chi connectivity index (χ0) is 16.8. The second-order valence-electron chi connectivity index (χ2n) is 5.99. The second-order valence-corrected chi connectivity index (χ2v) is 5.99. The van der Waals surface area contributed by atoms with Gasteiger partial charge in [0, 0.05) is 12.8 Å². The molecule has 0 aromatic heterocycles. The first kappa shape index (κ1) is 16.2. The van der Waals surface area contributed by atoms with Gasteiger partial charge in [0.05, 0.1) is 11.4 Å². The van der Waals surface area contributed by atoms with E-state index in [4.69, 9.17) is 4.84 Å². The first-order valence-electron chi connectivity index (χ1n) is 8.46. The molecule has 1 fully saturated rings. The average Bonchev–Trinajstić information content (AvgIpc) is 2.64. The summed E-state index contributed by atoms with van der Waals surface area (Å²) in [5.41, 5.74) is 2.77. The van der Waals surface area contributed by atoms with Crippen LogP contribution < -0.4 is 4.90 Å². The van der Waals surface area contributed by atoms with Crippen LogP contribution in [0.15, 0.2) is 60.7 Å². The van der Waals surface area contributed by atoms with Crippen molar-refractivity contribution in [3.8, 4) is 0 Å². The van der Waals surface area contributed by atoms with E-state index < -0.39 is 6.09 Å². The highest BCUT2D eigenvalue weighted by Crippen LogP contribution is 2.26. The Morgan fingerprint density at radius 2 is 1.38 bits per heavy atom. The molecule has 2 aromatic carbocycles. The van der Waals surface area contributed by atoms with Crippen molar-refractivity contribution in [2.45, 2.75) is 32.1 Å². The quantitative estimate of drug-likeness (QED) is 0.456. The molecule has 0 radical (unpaired) electrons. The van der Waals surface area contributed by atoms with Crippen LogP contribution in [0.4, 0.5) is 16.2 Å². The zero-order valence-electron chi connectivity index (χ0n) is 14.0. The molecule has 2 aromatic rings. The number of hydrogen-bond acceptors (Lipinski definition) is 2. The number of carbonyl (C=O) groups is 1. The van der Waals surface area contributed by atoms with Gasteiger partial charge in [-0.15, -0.1) is 0 Å². The summed E-state index contributed by atoms with van der Waals surface area (Å²) in [6.45, 7) is 0. The molecule has 4 heteroatoms. The van der Waals surface area contributed by atoms with Crippen LogP contribution in [0.2, 0.25) is 0 Å². The molecule has 1 saturated carbocycles. The molecule has 0 heterocycles. The largest absolute Gasteiger partial charge is 0.486 e. The molecule has 0 N–H and O–H groups in total. The van der Waals surface area contributed by atoms with E-state index in [-0.39, 0.29) is 0 Å². The topological polar surface area (TPSA) is 32.6 Å². The highest BCUT2D eigenvalue weighted by molar-refractivity contribution is 5.95. The summed E-state index contributed by atoms with van der Waals surface area (Å²) in [6, 6.07) is 19.1. The number of amides is 1. The molecule has 124 valence electrons. The summed E-state index contributed by atoms with van der Waals surface area (Å²) in [6.07, 6.45) is 5.19. The number of hydrogen-bond donors (Lipinski definition) is 0. The van der Waals surface area contributed by atoms with Gasteiger partial charge in [0.15, 0.2) is 7.05 Å². The van der Waals surface area contributed by atoms with Crippen LogP contribution in [-0.2, 0) is 4.84 Å². The third-order valence-electron chi connectivity index (χ3n) is 4.30. The van der Waals surface area contributed by atoms with Gasteiger partial charge in [-0.2, -0.15) is 4.84 Å². The molecule has 24 heavy (non-hydrogen) atoms. The highest BCUT2D eigenvalue weighted by atomic mass is 16.7. The lowest BCUT2D eigenvalue weighted by molar-refractivity contribution is -0.740. The number of rotatable bonds is 3. The van der Waals surface area contributed by atoms with Crippen LogP contribution in [0.3, 0.4) is 0 Å². The number of benzene rings is 2. The minimum absolute atomic E-state index is 0.395. The van der Waals surface area contributed by atoms with Gasteiger partial charge >= 0.3 is 6.09 Å². The van der Waals surface area contributed by atoms with Gasteiger partial charge in [0.25, 0.3) is 0 Å². The monoisotopic (exact) mass is 323 g/mol. The lowest BCUT2D eigenvalue weighted by Crippen LogP contribution is -2.32. The van der Waals surface area contributed by atoms with Gasteiger partial charge in [0.2, 0.25) is 5.71 Å². The Bertz CT molecular complexity index is 663. The number of carbonyl (C=O) groups excluding carboxylic acids is 1. The maximum Gasteiger partial charge on any atom is 0.486 e. The van der Waals surface area contributed by atoms with E-state index in [0.717, 1.165) is 37.1 Å². The molecule has 0 aliphatic heterocycles. The number of para-hydroxylation sites is 2. The predicted octanol–water partition coefficient (Wildman–Crippen LogP) is 4.92. The molecular formula is C20H23N2O2+. The van der Waals surface area contributed by atoms with Crippen LogP contribution in [-0.4, -0.2) is 23.6 Å². The average molecular weight is 323 g/mol. The van der Waals surface area contributed by atoms with Crippen LogP contribution in [0, 0.1) is 0 Å². The van der Waals surface area contributed by atoms with Crippen molar-refractivity contribution in [3.05, 3.63) is 60.7 Å². The molecule has 1 amide bonds. The number of anilines is 2. The van der Waals surface area contributed by atoms with E-state index in [9.17, 15) is 4.79 Å². The standard InChI is InChI=1S/C20H23N2O2/c1-21(17-11-5-2-6-12-17)24-20(23)22(18-13-7-3-8-14-18)19-15-9-4-10-16-19/h3-4,7-10,13-16H,2,5-6,11-12H2,1H3/q+1. The summed E-state index contributed by atoms with van der Waals surface area (Å²) in [5, 5.41) is 0. The summed E-state index contributed by atoms with van der Waals surface area (Å²) in [4.78, 5) is 20.1. The van der Waals surface area contributed by atoms with Gasteiger partial charge in [-0.1, -0.05) is 42.8 Å². The fourth-order valence-electron chi connectivity index (χ4n) is 3.01. The molecule has 1 aliphatic rings. The van der Waals surface area contributed by atoms with Crippen molar-refractivity contribution in [2.75, 3.05) is 11.9 Å². The van der Waals surface area contributed by atoms with E-state index in [1.807, 2.05) is 67.7 Å². The van der Waals surface area contributed by atoms with Crippen LogP contribution in [0.5, 0.6) is 0 Å². The van der Waals surface area contributed by atoms with Gasteiger partial charge in [0.1, 0.15) is 0 Å². The Balaban J connectivity index is 1.87. The Kier molecular flexibility index (Phi) is 5.26. The van der Waals surface area contributed by atoms with Crippen LogP contribution in [0.1, 0.15) is 32.1 Å². The van der Waals surface area contributed by atoms with Crippen molar-refractivity contribution in [1.29, 1.82) is 0 Å². The van der Waals surface area contributed by atoms with Gasteiger partial charge in [-0.25, -0.2) is 9.69 Å². The molecule has 0 saturated heterocycles. The van der Waals surface area contributed by atoms with E-state index in [0.29, 0.717) is 0 Å². The first-order valence-corrected chi connectivity index (χ1v) is 8.46. The van der Waals surface area contributed by atoms with E-state index in [1.165, 1.54) is 12.1 Å². The number of hydroxylamine groups is 1. The lowest BCUT2D eigenvalue weighted by atomic mass is 9.99. The first-order chi connectivity index (χ1) is 11.8. The third-order valence-corrected chi connectivity index (χ3v) is 4.30. The van der Waals surface area contributed by atoms with E-state index in [2.05, 4.69) is 0 Å². The molecular weight excluding hydrogens is 300 g/mol. The fourth-order valence-corrected chi connectivity index (χ4v) is 3.01. The third kappa shape index (κ3) is 3.82. The normalized spacial score (nSPS) is 14.1. The van der Waals surface area contributed by atoms with Gasteiger partial charge in [-0.3, -0.25) is 0 Å². The Morgan fingerprint density at radius 3 is 1.88 bits per heavy atom. The summed E-state index contributed by atoms with van der Waals surface area (Å²) >= 11 is 0. The van der Waals surface area contributed by atoms with Crippen LogP contribution in [0.25, 0.3) is 0 Å². The molecule has 4 nitrogen and oxygen atoms in total. The summed E-state index contributed by atoms with van der Waals surface area (Å²) in [5.74, 6) is 0. The van der Waals surface area contributed by atoms with Crippen LogP contribution >= 0.6 is 0 Å². The fraction of sp³-hybridized carbons (Fsp3) is 0.300. The van der Waals surface area contributed by atoms with E-state index >= 15 is 0 Å². The molecule has 0 bridgehead atoms. The van der Waals surface area contributed by atoms with Crippen molar-refractivity contribution < 1.29 is 14.4 Å². The maximum atomic E-state index is 12.8. The van der Waals surface area contributed by atoms with Crippen molar-refractivity contribution in [3.63, 3.8) is 0 Å². The van der Waals surface area contributed by atoms with Crippen molar-refractivity contribution in [2.24, 2.45) is 0 Å². The zero-order valence-corrected chi connectivity index (χ0v) is 14.0. The molecule has 0 unspecified atom stereocenters. The smallest absolute Gasteiger partial charge is 0.241 e. The summed E-state index contributed by atoms with van der Waals surface area (Å²) in [7, 11) is 1.83. The van der Waals surface area contributed by atoms with Gasteiger partial charge < -0.3 is 0 Å². The molecule has 1 aliphatic carbocycles. The highest BCUT2D eigenvalue weighted by Gasteiger charge is 2.26. The van der Waals surface area contributed by atoms with Crippen molar-refractivity contribution in [1.82, 2.24) is 0 Å². The Hall–Kier alpha value is -2.62. The predicted molar refractivity (Wildman–Crippen MR) is 95.8 cm³/mol. The minimum Gasteiger partial charge on any atom is -0.241 e. The SMILES string of the molecule is C[N+](OC(=O)N(c1ccccc1)c1ccccc1)=C1CCCCC1. The maximum absolute atomic E-state index is 12.8. The lowest BCUT2D eigenvalue weighted by Gasteiger charge is -2.20. The Morgan fingerprint density at radius 1 is 0.875 bits per heavy atom. The van der Waals surface area contributed by atoms with E-state index in [1.54, 1.807) is 9.64 Å². The van der Waals surface area contributed by atoms with Crippen molar-refractivity contribution >= 4 is 23.2 Å². The second kappa shape index (κ2) is 7.77. The summed E-state index contributed by atoms with van der Waals surface area (Å²) < 4.78 is 1.65. The Labute approximate surface area is 142 Å². The molecule has 3 rings (SSSR count). The molecule has 0 atom stereocenters. The van der Waals surface area contributed by atoms with Gasteiger partial charge in [-0.05, 0) is 41.8 Å². The minimum atomic E-state index is -0.395. The molecule has 0 spiro atoms.